The molecule has 10 rings (SSSR count). The van der Waals surface area contributed by atoms with Crippen LogP contribution in [0.4, 0.5) is 22.7 Å². The number of nitrogens with zero attached hydrogens (tertiary/aromatic N) is 6. The van der Waals surface area contributed by atoms with Gasteiger partial charge in [-0.1, -0.05) is 159 Å². The molecule has 2 saturated carbocycles. The first-order chi connectivity index (χ1) is 41.1. The van der Waals surface area contributed by atoms with Gasteiger partial charge < -0.3 is 14.9 Å². The Labute approximate surface area is 577 Å². The zero-order chi connectivity index (χ0) is 63.1. The number of aryl methyl sites for hydroxylation is 8. The van der Waals surface area contributed by atoms with Crippen LogP contribution in [0.3, 0.4) is 0 Å². The van der Waals surface area contributed by atoms with E-state index in [1.165, 1.54) is 59.1 Å². The van der Waals surface area contributed by atoms with Gasteiger partial charge in [0.25, 0.3) is 0 Å². The molecule has 2 fully saturated rings. The van der Waals surface area contributed by atoms with Gasteiger partial charge in [0, 0.05) is 0 Å². The van der Waals surface area contributed by atoms with Gasteiger partial charge in [-0.15, -0.1) is 0 Å². The number of allylic oxidation sites excluding steroid dienone is 8. The molecule has 4 atom stereocenters. The fraction of sp³-hybridized carbons (Fsp3) is 0.342. The zero-order valence-corrected chi connectivity index (χ0v) is 63.2. The topological polar surface area (TPSA) is 75.2 Å². The Morgan fingerprint density at radius 1 is 0.443 bits per heavy atom. The van der Waals surface area contributed by atoms with Crippen LogP contribution >= 0.6 is 57.4 Å². The maximum absolute atomic E-state index is 4.93. The third kappa shape index (κ3) is 22.7. The van der Waals surface area contributed by atoms with E-state index in [1.807, 2.05) is 100 Å². The van der Waals surface area contributed by atoms with Gasteiger partial charge in [-0.2, -0.15) is 0 Å². The van der Waals surface area contributed by atoms with E-state index >= 15 is 0 Å². The molecule has 6 nitrogen and oxygen atoms in total. The Kier molecular flexibility index (Phi) is 35.6. The summed E-state index contributed by atoms with van der Waals surface area (Å²) in [6.07, 6.45) is 25.0. The van der Waals surface area contributed by atoms with Gasteiger partial charge >= 0.3 is 105 Å². The van der Waals surface area contributed by atoms with E-state index in [0.717, 1.165) is 115 Å². The number of pyridine rings is 2. The second-order valence-electron chi connectivity index (χ2n) is 23.0. The summed E-state index contributed by atoms with van der Waals surface area (Å²) in [6.45, 7) is 30.0. The van der Waals surface area contributed by atoms with Gasteiger partial charge in [-0.3, -0.25) is 20.0 Å². The molecule has 0 aliphatic heterocycles. The first kappa shape index (κ1) is 78.7. The first-order valence-corrected chi connectivity index (χ1v) is 41.3. The molecule has 0 bridgehead atoms. The number of halogens is 6. The molecular weight excluding hydrogens is 1380 g/mol. The molecule has 6 aromatic rings. The molecule has 4 aliphatic carbocycles. The molecular formula is C73H88Cl6Fe2N6Zr. The number of hydrogen-bond acceptors (Lipinski definition) is 6. The van der Waals surface area contributed by atoms with Crippen molar-refractivity contribution in [3.63, 3.8) is 0 Å². The standard InChI is InChI=1S/C27H31N3.C23H23N3.C21H28.2CH3.6ClH.2Fe.Zr/c1-16-12-18(3)26(19(4)13-16)28-22(7)24-10-9-11-25(30-24)23(8)29-27-20(5)14-17(2)15-21(27)6;1-16-10-5-7-12-20(16)24-18(3)22-14-9-15-23(26-22)19(4)25-21-13-8-6-11-17(21)2;1-21(2,15-9-3-4-10-15)20-18-13-7-5-11-16(18)17-12-6-8-14-19(17)20;;;;;;;;;;;/h9-15H,1-8H3;5-15H,1-4H3;5-8,11-20H,3-4,9-10H2,1-2H3;2*1H3;6*1H;;;/q;;;2*-1;;;;;;;2*+2;+4/p-6. The van der Waals surface area contributed by atoms with Crippen molar-refractivity contribution in [3.8, 4) is 0 Å². The van der Waals surface area contributed by atoms with Gasteiger partial charge in [-0.25, -0.2) is 9.97 Å². The number of benzene rings is 4. The van der Waals surface area contributed by atoms with Crippen LogP contribution in [-0.4, -0.2) is 32.8 Å². The van der Waals surface area contributed by atoms with Gasteiger partial charge in [0.1, 0.15) is 0 Å². The molecule has 0 spiro atoms. The third-order valence-electron chi connectivity index (χ3n) is 16.6. The van der Waals surface area contributed by atoms with Gasteiger partial charge in [0.05, 0.1) is 68.4 Å². The van der Waals surface area contributed by atoms with E-state index in [1.54, 1.807) is 0 Å². The average molecular weight is 1470 g/mol. The Morgan fingerprint density at radius 3 is 1.03 bits per heavy atom. The quantitative estimate of drug-likeness (QED) is 0.0779. The van der Waals surface area contributed by atoms with Crippen LogP contribution in [0.5, 0.6) is 0 Å². The van der Waals surface area contributed by atoms with Crippen molar-refractivity contribution >= 4 is 103 Å². The summed E-state index contributed by atoms with van der Waals surface area (Å²) in [5.41, 5.74) is 21.1. The molecule has 0 radical (unpaired) electrons. The van der Waals surface area contributed by atoms with E-state index in [-0.39, 0.29) is 41.1 Å². The fourth-order valence-electron chi connectivity index (χ4n) is 12.6. The van der Waals surface area contributed by atoms with Gasteiger partial charge in [-0.05, 0) is 207 Å². The molecule has 88 heavy (non-hydrogen) atoms. The number of aliphatic imine (C=N–C) groups is 4. The van der Waals surface area contributed by atoms with Crippen molar-refractivity contribution in [1.29, 1.82) is 0 Å². The molecule has 0 saturated heterocycles. The summed E-state index contributed by atoms with van der Waals surface area (Å²) in [6, 6.07) is 36.9. The number of aromatic nitrogens is 2. The first-order valence-electron chi connectivity index (χ1n) is 28.9. The third-order valence-corrected chi connectivity index (χ3v) is 16.6. The van der Waals surface area contributed by atoms with Crippen LogP contribution < -0.4 is 0 Å². The number of para-hydroxylation sites is 2. The van der Waals surface area contributed by atoms with E-state index in [2.05, 4.69) is 154 Å². The van der Waals surface area contributed by atoms with Gasteiger partial charge in [0.2, 0.25) is 0 Å². The summed E-state index contributed by atoms with van der Waals surface area (Å²) in [7, 11) is 28.9. The number of rotatable bonds is 10. The van der Waals surface area contributed by atoms with E-state index in [4.69, 9.17) is 87.4 Å². The summed E-state index contributed by atoms with van der Waals surface area (Å²) < 4.78 is 0. The molecule has 0 amide bonds. The van der Waals surface area contributed by atoms with E-state index in [0.29, 0.717) is 5.41 Å². The monoisotopic (exact) mass is 1460 g/mol. The molecule has 4 aliphatic rings. The van der Waals surface area contributed by atoms with Crippen LogP contribution in [0.2, 0.25) is 0 Å². The molecule has 15 heteroatoms. The Morgan fingerprint density at radius 2 is 0.727 bits per heavy atom. The van der Waals surface area contributed by atoms with Crippen LogP contribution in [0, 0.1) is 111 Å². The van der Waals surface area contributed by atoms with Crippen molar-refractivity contribution in [2.45, 2.75) is 123 Å². The minimum atomic E-state index is -0.826. The summed E-state index contributed by atoms with van der Waals surface area (Å²) in [5, 5.41) is 0. The molecule has 472 valence electrons. The normalized spacial score (nSPS) is 18.4. The zero-order valence-electron chi connectivity index (χ0n) is 54.0. The van der Waals surface area contributed by atoms with E-state index in [9.17, 15) is 0 Å². The summed E-state index contributed by atoms with van der Waals surface area (Å²) >= 11 is -0.437. The van der Waals surface area contributed by atoms with Crippen molar-refractivity contribution in [3.05, 3.63) is 240 Å². The Hall–Kier alpha value is -3.52. The van der Waals surface area contributed by atoms with Crippen LogP contribution in [0.1, 0.15) is 135 Å². The second-order valence-corrected chi connectivity index (χ2v) is 30.4. The van der Waals surface area contributed by atoms with Gasteiger partial charge in [0.15, 0.2) is 0 Å². The van der Waals surface area contributed by atoms with Crippen molar-refractivity contribution in [1.82, 2.24) is 9.97 Å². The molecule has 4 aromatic carbocycles. The minimum absolute atomic E-state index is 0. The fourth-order valence-corrected chi connectivity index (χ4v) is 12.6. The van der Waals surface area contributed by atoms with Crippen LogP contribution in [0.25, 0.3) is 0 Å². The average Bonchev–Trinajstić information content (AvgIpc) is 1.64. The van der Waals surface area contributed by atoms with E-state index < -0.39 is 20.8 Å². The summed E-state index contributed by atoms with van der Waals surface area (Å²) in [5.74, 6) is 4.68. The van der Waals surface area contributed by atoms with Crippen molar-refractivity contribution < 1.29 is 47.1 Å². The Bertz CT molecular complexity index is 3200. The molecule has 2 heterocycles. The maximum atomic E-state index is 4.93. The molecule has 2 aromatic heterocycles. The predicted octanol–water partition coefficient (Wildman–Crippen LogP) is 23.8. The molecule has 0 N–H and O–H groups in total. The van der Waals surface area contributed by atoms with Crippen molar-refractivity contribution in [2.75, 3.05) is 0 Å². The summed E-state index contributed by atoms with van der Waals surface area (Å²) in [4.78, 5) is 28.9. The second kappa shape index (κ2) is 39.8. The van der Waals surface area contributed by atoms with Crippen molar-refractivity contribution in [2.24, 2.45) is 60.9 Å². The van der Waals surface area contributed by atoms with Crippen LogP contribution in [0.15, 0.2) is 178 Å². The SMILES string of the molecule is CC(=Nc1c(C)cc(C)cc1C)c1cccc(C(C)=Nc2c(C)cc(C)cc2C)n1.CC(=Nc1ccccc1C)c1cccc(C(C)=Nc2ccccc2C)n1.CC(C)(C1CCCC1)C1C2C=CC=CC2C2C=CC=CC21.[CH3-].[CH3-].[Cl][Fe][Cl].[Cl][Fe][Cl].[Cl][Zr+2][Cl]. The predicted molar refractivity (Wildman–Crippen MR) is 377 cm³/mol. The number of hydrogen-bond donors (Lipinski definition) is 0. The molecule has 4 unspecified atom stereocenters. The van der Waals surface area contributed by atoms with Crippen LogP contribution in [-0.2, 0) is 47.1 Å². The Balaban J connectivity index is 0.000000322. The number of fused-ring (bicyclic) bond motifs is 3.